The molecule has 4 saturated carbocycles. The van der Waals surface area contributed by atoms with Crippen molar-refractivity contribution in [2.24, 2.45) is 0 Å². The monoisotopic (exact) mass is 1100 g/mol. The average molecular weight is 1110 g/mol. The second kappa shape index (κ2) is 21.3. The Labute approximate surface area is 498 Å². The van der Waals surface area contributed by atoms with Gasteiger partial charge in [0.15, 0.2) is 0 Å². The van der Waals surface area contributed by atoms with Crippen LogP contribution in [0.25, 0.3) is 132 Å². The van der Waals surface area contributed by atoms with E-state index in [-0.39, 0.29) is 0 Å². The third-order valence-electron chi connectivity index (χ3n) is 21.1. The second-order valence-corrected chi connectivity index (χ2v) is 26.2. The quantitative estimate of drug-likeness (QED) is 0.142. The lowest BCUT2D eigenvalue weighted by Gasteiger charge is -2.24. The molecule has 5 nitrogen and oxygen atoms in total. The van der Waals surface area contributed by atoms with Crippen molar-refractivity contribution in [3.63, 3.8) is 0 Å². The summed E-state index contributed by atoms with van der Waals surface area (Å²) in [6.07, 6.45) is 30.3. The Morgan fingerprint density at radius 3 is 0.929 bits per heavy atom. The van der Waals surface area contributed by atoms with Gasteiger partial charge in [0.1, 0.15) is 11.2 Å². The third-order valence-corrected chi connectivity index (χ3v) is 21.1. The van der Waals surface area contributed by atoms with E-state index >= 15 is 0 Å². The minimum Gasteiger partial charge on any atom is -0.456 e. The zero-order valence-electron chi connectivity index (χ0n) is 48.8. The van der Waals surface area contributed by atoms with E-state index in [1.807, 2.05) is 12.4 Å². The van der Waals surface area contributed by atoms with Crippen molar-refractivity contribution in [3.8, 4) is 44.8 Å². The van der Waals surface area contributed by atoms with Gasteiger partial charge in [-0.1, -0.05) is 198 Å². The lowest BCUT2D eigenvalue weighted by Crippen LogP contribution is -2.05. The molecule has 0 aliphatic heterocycles. The van der Waals surface area contributed by atoms with Gasteiger partial charge < -0.3 is 4.42 Å². The van der Waals surface area contributed by atoms with Crippen LogP contribution in [0.4, 0.5) is 0 Å². The second-order valence-electron chi connectivity index (χ2n) is 26.2. The molecule has 0 atom stereocenters. The minimum absolute atomic E-state index is 0.629. The van der Waals surface area contributed by atoms with Crippen molar-refractivity contribution in [1.29, 1.82) is 0 Å². The summed E-state index contributed by atoms with van der Waals surface area (Å²) in [7, 11) is 0. The van der Waals surface area contributed by atoms with Gasteiger partial charge in [-0.25, -0.2) is 9.97 Å². The topological polar surface area (TPSA) is 64.7 Å². The van der Waals surface area contributed by atoms with E-state index < -0.39 is 0 Å². The van der Waals surface area contributed by atoms with Gasteiger partial charge in [-0.05, 0) is 177 Å². The number of aromatic nitrogens is 4. The highest BCUT2D eigenvalue weighted by molar-refractivity contribution is 6.25. The molecule has 0 spiro atoms. The van der Waals surface area contributed by atoms with Crippen LogP contribution in [-0.4, -0.2) is 19.9 Å². The van der Waals surface area contributed by atoms with Crippen LogP contribution in [0.5, 0.6) is 0 Å². The average Bonchev–Trinajstić information content (AvgIpc) is 2.27. The molecule has 4 aliphatic carbocycles. The van der Waals surface area contributed by atoms with Crippen LogP contribution in [0.3, 0.4) is 0 Å². The Morgan fingerprint density at radius 1 is 0.259 bits per heavy atom. The van der Waals surface area contributed by atoms with Crippen molar-refractivity contribution in [2.45, 2.75) is 152 Å². The fraction of sp³-hybridized carbons (Fsp3) is 0.300. The lowest BCUT2D eigenvalue weighted by atomic mass is 9.81. The fourth-order valence-electron chi connectivity index (χ4n) is 16.4. The summed E-state index contributed by atoms with van der Waals surface area (Å²) in [5.41, 5.74) is 20.0. The predicted molar refractivity (Wildman–Crippen MR) is 355 cm³/mol. The van der Waals surface area contributed by atoms with Crippen molar-refractivity contribution in [3.05, 3.63) is 192 Å². The standard InChI is InChI=1S/C80H72N4O/c1-5-15-49(16-6-1)55-27-33-63-67(41-55)69-43-57(51-19-9-3-10-20-51)29-35-65(69)79-77(63)81-47-73(83-79)61-25-13-23-53(39-61)59-31-37-75-71(45-59)72-46-60(32-38-76(72)85-75)54-24-14-26-62(40-54)74-48-82-78-64-34-28-56(50-17-7-2-8-18-50)42-68(64)70-44-58(52-21-11-4-12-22-52)30-36-66(70)80(78)84-74/h13-14,23-52H,1-12,15-22H2. The SMILES string of the molecule is c1cc(-c2ccc3oc4ccc(-c5cccc(-c6cnc7c8ccc(C9CCCCC9)cc8c8cc(C9CCCCC9)ccc8c7n6)c5)cc4c3c2)cc(-c2cnc3c4ccc(C5CCCCC5)cc4c4cc(C5CCCCC5)ccc4c3n2)c1. The fourth-order valence-corrected chi connectivity index (χ4v) is 16.4. The van der Waals surface area contributed by atoms with E-state index in [9.17, 15) is 0 Å². The number of rotatable bonds is 8. The summed E-state index contributed by atoms with van der Waals surface area (Å²) in [5.74, 6) is 2.54. The summed E-state index contributed by atoms with van der Waals surface area (Å²) in [6, 6.07) is 60.0. The van der Waals surface area contributed by atoms with E-state index in [0.29, 0.717) is 23.7 Å². The molecule has 3 heterocycles. The summed E-state index contributed by atoms with van der Waals surface area (Å²) in [4.78, 5) is 21.7. The van der Waals surface area contributed by atoms with Crippen LogP contribution in [0.2, 0.25) is 0 Å². The maximum Gasteiger partial charge on any atom is 0.135 e. The van der Waals surface area contributed by atoms with Gasteiger partial charge in [0.25, 0.3) is 0 Å². The normalized spacial score (nSPS) is 17.2. The first-order valence-corrected chi connectivity index (χ1v) is 32.6. The Morgan fingerprint density at radius 2 is 0.576 bits per heavy atom. The van der Waals surface area contributed by atoms with E-state index in [1.165, 1.54) is 194 Å². The van der Waals surface area contributed by atoms with E-state index in [4.69, 9.17) is 24.4 Å². The molecule has 13 aromatic rings. The molecule has 4 fully saturated rings. The van der Waals surface area contributed by atoms with Gasteiger partial charge in [0.2, 0.25) is 0 Å². The Balaban J connectivity index is 0.709. The Kier molecular flexibility index (Phi) is 12.9. The highest BCUT2D eigenvalue weighted by Crippen LogP contribution is 2.45. The molecule has 0 saturated heterocycles. The molecule has 0 bridgehead atoms. The summed E-state index contributed by atoms with van der Waals surface area (Å²) >= 11 is 0. The first-order valence-electron chi connectivity index (χ1n) is 32.6. The van der Waals surface area contributed by atoms with Crippen molar-refractivity contribution < 1.29 is 4.42 Å². The third kappa shape index (κ3) is 9.18. The van der Waals surface area contributed by atoms with Crippen LogP contribution in [0.1, 0.15) is 174 Å². The Hall–Kier alpha value is -8.28. The first-order chi connectivity index (χ1) is 42.1. The summed E-state index contributed by atoms with van der Waals surface area (Å²) in [6.45, 7) is 0. The molecule has 4 aliphatic rings. The summed E-state index contributed by atoms with van der Waals surface area (Å²) < 4.78 is 6.55. The highest BCUT2D eigenvalue weighted by Gasteiger charge is 2.24. The maximum atomic E-state index is 6.55. The van der Waals surface area contributed by atoms with Gasteiger partial charge >= 0.3 is 0 Å². The zero-order valence-corrected chi connectivity index (χ0v) is 48.8. The predicted octanol–water partition coefficient (Wildman–Crippen LogP) is 22.9. The van der Waals surface area contributed by atoms with Gasteiger partial charge in [-0.15, -0.1) is 0 Å². The maximum absolute atomic E-state index is 6.55. The van der Waals surface area contributed by atoms with Gasteiger partial charge in [0, 0.05) is 43.4 Å². The number of fused-ring (bicyclic) bond motifs is 15. The molecule has 0 radical (unpaired) electrons. The molecule has 17 rings (SSSR count). The van der Waals surface area contributed by atoms with Crippen LogP contribution < -0.4 is 0 Å². The molecule has 10 aromatic carbocycles. The largest absolute Gasteiger partial charge is 0.456 e. The molecule has 5 heteroatoms. The molecule has 0 amide bonds. The van der Waals surface area contributed by atoms with Crippen molar-refractivity contribution in [2.75, 3.05) is 0 Å². The van der Waals surface area contributed by atoms with Crippen LogP contribution in [0, 0.1) is 0 Å². The number of furan rings is 1. The molecular weight excluding hydrogens is 1030 g/mol. The molecule has 85 heavy (non-hydrogen) atoms. The molecule has 3 aromatic heterocycles. The van der Waals surface area contributed by atoms with Crippen LogP contribution in [0.15, 0.2) is 175 Å². The van der Waals surface area contributed by atoms with Crippen LogP contribution >= 0.6 is 0 Å². The minimum atomic E-state index is 0.629. The van der Waals surface area contributed by atoms with E-state index in [1.54, 1.807) is 0 Å². The lowest BCUT2D eigenvalue weighted by molar-refractivity contribution is 0.444. The Bertz CT molecular complexity index is 4480. The van der Waals surface area contributed by atoms with Gasteiger partial charge in [0.05, 0.1) is 45.8 Å². The van der Waals surface area contributed by atoms with Crippen LogP contribution in [-0.2, 0) is 0 Å². The molecular formula is C80H72N4O. The highest BCUT2D eigenvalue weighted by atomic mass is 16.3. The number of hydrogen-bond acceptors (Lipinski definition) is 5. The summed E-state index contributed by atoms with van der Waals surface area (Å²) in [5, 5.41) is 12.3. The number of benzene rings is 10. The van der Waals surface area contributed by atoms with E-state index in [0.717, 1.165) is 88.8 Å². The zero-order chi connectivity index (χ0) is 56.0. The molecule has 0 N–H and O–H groups in total. The molecule has 0 unspecified atom stereocenters. The number of hydrogen-bond donors (Lipinski definition) is 0. The molecule has 418 valence electrons. The van der Waals surface area contributed by atoms with Gasteiger partial charge in [-0.2, -0.15) is 0 Å². The van der Waals surface area contributed by atoms with Gasteiger partial charge in [-0.3, -0.25) is 9.97 Å². The van der Waals surface area contributed by atoms with E-state index in [2.05, 4.69) is 158 Å². The number of nitrogens with zero attached hydrogens (tertiary/aromatic N) is 4. The first kappa shape index (κ1) is 51.2. The smallest absolute Gasteiger partial charge is 0.135 e. The van der Waals surface area contributed by atoms with Crippen molar-refractivity contribution in [1.82, 2.24) is 19.9 Å². The van der Waals surface area contributed by atoms with Crippen molar-refractivity contribution >= 4 is 87.1 Å².